The second-order valence-corrected chi connectivity index (χ2v) is 9.52. The van der Waals surface area contributed by atoms with E-state index < -0.39 is 47.9 Å². The van der Waals surface area contributed by atoms with Gasteiger partial charge in [0.15, 0.2) is 0 Å². The van der Waals surface area contributed by atoms with Gasteiger partial charge in [-0.25, -0.2) is 4.79 Å². The fourth-order valence-corrected chi connectivity index (χ4v) is 4.06. The lowest BCUT2D eigenvalue weighted by atomic mass is 10.0. The number of amides is 3. The monoisotopic (exact) mass is 559 g/mol. The number of hydrogen-bond acceptors (Lipinski definition) is 8. The SMILES string of the molecule is NCCCCC(NC(=O)C(N)Cc1ccccc1)C(=O)NC(CS)C(=O)NC(Cc1ccc(O)cc1)C(=O)O. The lowest BCUT2D eigenvalue weighted by Crippen LogP contribution is -2.58. The Morgan fingerprint density at radius 1 is 0.769 bits per heavy atom. The van der Waals surface area contributed by atoms with E-state index in [9.17, 15) is 29.4 Å². The summed E-state index contributed by atoms with van der Waals surface area (Å²) in [6, 6.07) is 10.8. The predicted molar refractivity (Wildman–Crippen MR) is 150 cm³/mol. The minimum absolute atomic E-state index is 0.0293. The van der Waals surface area contributed by atoms with Crippen LogP contribution < -0.4 is 27.4 Å². The number of nitrogens with two attached hydrogens (primary N) is 2. The molecule has 212 valence electrons. The standard InChI is InChI=1S/C27H37N5O6S/c28-13-5-4-8-21(30-24(34)20(29)14-17-6-2-1-3-7-17)25(35)32-23(16-39)26(36)31-22(27(37)38)15-18-9-11-19(33)12-10-18/h1-3,6-7,9-12,20-23,33,39H,4-5,8,13-16,28-29H2,(H,30,34)(H,31,36)(H,32,35)(H,37,38). The van der Waals surface area contributed by atoms with Crippen molar-refractivity contribution in [2.45, 2.75) is 56.3 Å². The Hall–Kier alpha value is -3.61. The molecule has 39 heavy (non-hydrogen) atoms. The highest BCUT2D eigenvalue weighted by Gasteiger charge is 2.29. The molecule has 3 amide bonds. The number of nitrogens with one attached hydrogen (secondary N) is 3. The molecule has 2 aromatic rings. The van der Waals surface area contributed by atoms with Gasteiger partial charge in [0.2, 0.25) is 17.7 Å². The van der Waals surface area contributed by atoms with Gasteiger partial charge in [0.25, 0.3) is 0 Å². The zero-order valence-electron chi connectivity index (χ0n) is 21.6. The molecule has 0 saturated carbocycles. The van der Waals surface area contributed by atoms with Crippen LogP contribution in [-0.4, -0.2) is 70.4 Å². The Balaban J connectivity index is 2.04. The zero-order valence-corrected chi connectivity index (χ0v) is 22.5. The normalized spacial score (nSPS) is 13.9. The number of carbonyl (C=O) groups is 4. The third-order valence-electron chi connectivity index (χ3n) is 6.02. The molecule has 0 radical (unpaired) electrons. The maximum Gasteiger partial charge on any atom is 0.326 e. The largest absolute Gasteiger partial charge is 0.508 e. The van der Waals surface area contributed by atoms with Crippen molar-refractivity contribution in [1.29, 1.82) is 0 Å². The number of carboxylic acids is 1. The number of benzene rings is 2. The number of phenols is 1. The van der Waals surface area contributed by atoms with Crippen LogP contribution in [0.1, 0.15) is 30.4 Å². The molecule has 0 fully saturated rings. The first kappa shape index (κ1) is 31.6. The fraction of sp³-hybridized carbons (Fsp3) is 0.407. The van der Waals surface area contributed by atoms with Gasteiger partial charge in [0.1, 0.15) is 23.9 Å². The van der Waals surface area contributed by atoms with E-state index in [0.29, 0.717) is 24.9 Å². The van der Waals surface area contributed by atoms with Crippen LogP contribution in [0.25, 0.3) is 0 Å². The maximum absolute atomic E-state index is 13.1. The van der Waals surface area contributed by atoms with Gasteiger partial charge in [0, 0.05) is 12.2 Å². The van der Waals surface area contributed by atoms with E-state index in [1.807, 2.05) is 30.3 Å². The summed E-state index contributed by atoms with van der Waals surface area (Å²) in [4.78, 5) is 50.6. The lowest BCUT2D eigenvalue weighted by Gasteiger charge is -2.24. The molecule has 2 aromatic carbocycles. The average Bonchev–Trinajstić information content (AvgIpc) is 2.92. The average molecular weight is 560 g/mol. The number of phenolic OH excluding ortho intramolecular Hbond substituents is 1. The van der Waals surface area contributed by atoms with Gasteiger partial charge in [-0.15, -0.1) is 0 Å². The number of carbonyl (C=O) groups excluding carboxylic acids is 3. The maximum atomic E-state index is 13.1. The number of unbranched alkanes of at least 4 members (excludes halogenated alkanes) is 1. The summed E-state index contributed by atoms with van der Waals surface area (Å²) < 4.78 is 0. The minimum Gasteiger partial charge on any atom is -0.508 e. The number of hydrogen-bond donors (Lipinski definition) is 8. The van der Waals surface area contributed by atoms with Crippen LogP contribution in [0.5, 0.6) is 5.75 Å². The van der Waals surface area contributed by atoms with Crippen molar-refractivity contribution in [3.63, 3.8) is 0 Å². The number of thiol groups is 1. The first-order valence-corrected chi connectivity index (χ1v) is 13.3. The topological polar surface area (TPSA) is 197 Å². The van der Waals surface area contributed by atoms with Gasteiger partial charge < -0.3 is 37.6 Å². The summed E-state index contributed by atoms with van der Waals surface area (Å²) in [7, 11) is 0. The Morgan fingerprint density at radius 3 is 1.92 bits per heavy atom. The highest BCUT2D eigenvalue weighted by Crippen LogP contribution is 2.12. The smallest absolute Gasteiger partial charge is 0.326 e. The molecule has 2 rings (SSSR count). The summed E-state index contributed by atoms with van der Waals surface area (Å²) in [6.07, 6.45) is 1.69. The predicted octanol–water partition coefficient (Wildman–Crippen LogP) is 0.103. The Labute approximate surface area is 233 Å². The first-order valence-electron chi connectivity index (χ1n) is 12.7. The van der Waals surface area contributed by atoms with Gasteiger partial charge in [-0.1, -0.05) is 42.5 Å². The van der Waals surface area contributed by atoms with Crippen molar-refractivity contribution >= 4 is 36.3 Å². The highest BCUT2D eigenvalue weighted by atomic mass is 32.1. The van der Waals surface area contributed by atoms with E-state index in [4.69, 9.17) is 11.5 Å². The van der Waals surface area contributed by atoms with Crippen LogP contribution >= 0.6 is 12.6 Å². The molecule has 0 saturated heterocycles. The van der Waals surface area contributed by atoms with Crippen LogP contribution in [-0.2, 0) is 32.0 Å². The molecule has 12 heteroatoms. The van der Waals surface area contributed by atoms with E-state index >= 15 is 0 Å². The zero-order chi connectivity index (χ0) is 28.8. The van der Waals surface area contributed by atoms with E-state index in [-0.39, 0.29) is 30.8 Å². The van der Waals surface area contributed by atoms with E-state index in [1.54, 1.807) is 12.1 Å². The van der Waals surface area contributed by atoms with Crippen LogP contribution in [0.2, 0.25) is 0 Å². The molecule has 0 bridgehead atoms. The molecule has 11 nitrogen and oxygen atoms in total. The Bertz CT molecular complexity index is 1090. The number of rotatable bonds is 16. The second-order valence-electron chi connectivity index (χ2n) is 9.16. The third kappa shape index (κ3) is 11.0. The van der Waals surface area contributed by atoms with Gasteiger partial charge >= 0.3 is 5.97 Å². The molecule has 4 atom stereocenters. The summed E-state index contributed by atoms with van der Waals surface area (Å²) in [5.41, 5.74) is 13.1. The summed E-state index contributed by atoms with van der Waals surface area (Å²) in [5.74, 6) is -3.22. The summed E-state index contributed by atoms with van der Waals surface area (Å²) >= 11 is 4.15. The van der Waals surface area contributed by atoms with Crippen LogP contribution in [0, 0.1) is 0 Å². The van der Waals surface area contributed by atoms with Gasteiger partial charge in [0.05, 0.1) is 6.04 Å². The van der Waals surface area contributed by atoms with Gasteiger partial charge in [-0.3, -0.25) is 14.4 Å². The number of aromatic hydroxyl groups is 1. The number of carboxylic acid groups (broad SMARTS) is 1. The molecular weight excluding hydrogens is 522 g/mol. The first-order chi connectivity index (χ1) is 18.6. The van der Waals surface area contributed by atoms with E-state index in [1.165, 1.54) is 12.1 Å². The molecule has 0 aromatic heterocycles. The van der Waals surface area contributed by atoms with E-state index in [0.717, 1.165) is 5.56 Å². The molecule has 9 N–H and O–H groups in total. The van der Waals surface area contributed by atoms with Crippen molar-refractivity contribution in [3.8, 4) is 5.75 Å². The van der Waals surface area contributed by atoms with E-state index in [2.05, 4.69) is 28.6 Å². The summed E-state index contributed by atoms with van der Waals surface area (Å²) in [6.45, 7) is 0.412. The van der Waals surface area contributed by atoms with Crippen LogP contribution in [0.3, 0.4) is 0 Å². The summed E-state index contributed by atoms with van der Waals surface area (Å²) in [5, 5.41) is 26.7. The van der Waals surface area contributed by atoms with Gasteiger partial charge in [-0.05, 0) is 55.5 Å². The molecule has 0 aliphatic carbocycles. The van der Waals surface area contributed by atoms with Crippen molar-refractivity contribution in [2.24, 2.45) is 11.5 Å². The third-order valence-corrected chi connectivity index (χ3v) is 6.39. The quantitative estimate of drug-likeness (QED) is 0.105. The molecule has 0 aliphatic heterocycles. The van der Waals surface area contributed by atoms with Crippen LogP contribution in [0.4, 0.5) is 0 Å². The fourth-order valence-electron chi connectivity index (χ4n) is 3.81. The Kier molecular flexibility index (Phi) is 13.3. The molecule has 0 aliphatic rings. The highest BCUT2D eigenvalue weighted by molar-refractivity contribution is 7.80. The second kappa shape index (κ2) is 16.4. The van der Waals surface area contributed by atoms with Gasteiger partial charge in [-0.2, -0.15) is 12.6 Å². The lowest BCUT2D eigenvalue weighted by molar-refractivity contribution is -0.142. The van der Waals surface area contributed by atoms with Crippen molar-refractivity contribution < 1.29 is 29.4 Å². The van der Waals surface area contributed by atoms with Crippen molar-refractivity contribution in [2.75, 3.05) is 12.3 Å². The Morgan fingerprint density at radius 2 is 1.33 bits per heavy atom. The minimum atomic E-state index is -1.28. The van der Waals surface area contributed by atoms with Crippen molar-refractivity contribution in [1.82, 2.24) is 16.0 Å². The number of aliphatic carboxylic acids is 1. The molecular formula is C27H37N5O6S. The van der Waals surface area contributed by atoms with Crippen molar-refractivity contribution in [3.05, 3.63) is 65.7 Å². The molecule has 4 unspecified atom stereocenters. The molecule has 0 spiro atoms. The van der Waals surface area contributed by atoms with Crippen LogP contribution in [0.15, 0.2) is 54.6 Å². The molecule has 0 heterocycles.